The van der Waals surface area contributed by atoms with E-state index in [0.717, 1.165) is 5.56 Å². The summed E-state index contributed by atoms with van der Waals surface area (Å²) in [5.41, 5.74) is 1.79. The van der Waals surface area contributed by atoms with Crippen LogP contribution in [0.25, 0.3) is 0 Å². The number of carbonyl (C=O) groups is 2. The number of nitrogens with zero attached hydrogens (tertiary/aromatic N) is 1. The third-order valence-corrected chi connectivity index (χ3v) is 4.19. The maximum atomic E-state index is 12.8. The monoisotopic (exact) mass is 309 g/mol. The SMILES string of the molecule is COc1ccccc1C(C(C)C)N1C(=O)c2ccccc2C1=O. The van der Waals surface area contributed by atoms with Gasteiger partial charge >= 0.3 is 0 Å². The number of hydrogen-bond donors (Lipinski definition) is 0. The Labute approximate surface area is 135 Å². The van der Waals surface area contributed by atoms with Crippen LogP contribution in [0.3, 0.4) is 0 Å². The highest BCUT2D eigenvalue weighted by atomic mass is 16.5. The van der Waals surface area contributed by atoms with Gasteiger partial charge in [0.25, 0.3) is 11.8 Å². The second-order valence-electron chi connectivity index (χ2n) is 5.96. The lowest BCUT2D eigenvalue weighted by Crippen LogP contribution is -2.37. The molecular formula is C19H19NO3. The van der Waals surface area contributed by atoms with Crippen LogP contribution in [0, 0.1) is 5.92 Å². The van der Waals surface area contributed by atoms with Crippen molar-refractivity contribution >= 4 is 11.8 Å². The molecule has 118 valence electrons. The number of para-hydroxylation sites is 1. The minimum Gasteiger partial charge on any atom is -0.496 e. The summed E-state index contributed by atoms with van der Waals surface area (Å²) in [5, 5.41) is 0. The van der Waals surface area contributed by atoms with Crippen molar-refractivity contribution in [3.63, 3.8) is 0 Å². The molecule has 1 unspecified atom stereocenters. The molecule has 0 spiro atoms. The lowest BCUT2D eigenvalue weighted by atomic mass is 9.93. The summed E-state index contributed by atoms with van der Waals surface area (Å²) in [5.74, 6) is 0.265. The number of amides is 2. The van der Waals surface area contributed by atoms with Crippen LogP contribution in [0.1, 0.15) is 46.2 Å². The van der Waals surface area contributed by atoms with Crippen LogP contribution in [0.5, 0.6) is 5.75 Å². The van der Waals surface area contributed by atoms with E-state index >= 15 is 0 Å². The zero-order chi connectivity index (χ0) is 16.6. The minimum absolute atomic E-state index is 0.0634. The van der Waals surface area contributed by atoms with Gasteiger partial charge in [-0.15, -0.1) is 0 Å². The number of carbonyl (C=O) groups excluding carboxylic acids is 2. The number of hydrogen-bond acceptors (Lipinski definition) is 3. The number of ether oxygens (including phenoxy) is 1. The van der Waals surface area contributed by atoms with Crippen LogP contribution < -0.4 is 4.74 Å². The molecule has 0 saturated carbocycles. The molecule has 2 amide bonds. The van der Waals surface area contributed by atoms with Crippen LogP contribution >= 0.6 is 0 Å². The summed E-state index contributed by atoms with van der Waals surface area (Å²) >= 11 is 0. The zero-order valence-electron chi connectivity index (χ0n) is 13.4. The molecule has 4 nitrogen and oxygen atoms in total. The average molecular weight is 309 g/mol. The van der Waals surface area contributed by atoms with Crippen molar-refractivity contribution in [1.82, 2.24) is 4.90 Å². The van der Waals surface area contributed by atoms with Crippen LogP contribution in [0.15, 0.2) is 48.5 Å². The van der Waals surface area contributed by atoms with Gasteiger partial charge < -0.3 is 4.74 Å². The fourth-order valence-electron chi connectivity index (χ4n) is 3.17. The Morgan fingerprint density at radius 1 is 0.870 bits per heavy atom. The van der Waals surface area contributed by atoms with E-state index in [4.69, 9.17) is 4.74 Å². The highest BCUT2D eigenvalue weighted by Crippen LogP contribution is 2.39. The Kier molecular flexibility index (Phi) is 3.90. The zero-order valence-corrected chi connectivity index (χ0v) is 13.4. The van der Waals surface area contributed by atoms with Gasteiger partial charge in [-0.05, 0) is 24.1 Å². The standard InChI is InChI=1S/C19H19NO3/c1-12(2)17(15-10-6-7-11-16(15)23-3)20-18(21)13-8-4-5-9-14(13)19(20)22/h4-12,17H,1-3H3. The van der Waals surface area contributed by atoms with Gasteiger partial charge in [0.15, 0.2) is 0 Å². The maximum Gasteiger partial charge on any atom is 0.262 e. The highest BCUT2D eigenvalue weighted by Gasteiger charge is 2.42. The molecule has 0 bridgehead atoms. The molecule has 1 aliphatic rings. The first-order valence-corrected chi connectivity index (χ1v) is 7.66. The Bertz CT molecular complexity index is 732. The molecule has 0 aromatic heterocycles. The van der Waals surface area contributed by atoms with E-state index in [-0.39, 0.29) is 23.8 Å². The van der Waals surface area contributed by atoms with E-state index in [2.05, 4.69) is 0 Å². The molecular weight excluding hydrogens is 290 g/mol. The van der Waals surface area contributed by atoms with Crippen molar-refractivity contribution in [3.05, 3.63) is 65.2 Å². The Hall–Kier alpha value is -2.62. The van der Waals surface area contributed by atoms with Crippen LogP contribution in [-0.2, 0) is 0 Å². The molecule has 1 atom stereocenters. The van der Waals surface area contributed by atoms with Crippen molar-refractivity contribution in [2.45, 2.75) is 19.9 Å². The number of benzene rings is 2. The summed E-state index contributed by atoms with van der Waals surface area (Å²) in [7, 11) is 1.60. The van der Waals surface area contributed by atoms with Gasteiger partial charge in [-0.2, -0.15) is 0 Å². The van der Waals surface area contributed by atoms with Gasteiger partial charge in [0.1, 0.15) is 5.75 Å². The first-order chi connectivity index (χ1) is 11.1. The van der Waals surface area contributed by atoms with E-state index in [1.165, 1.54) is 4.90 Å². The molecule has 0 N–H and O–H groups in total. The van der Waals surface area contributed by atoms with Crippen molar-refractivity contribution in [2.24, 2.45) is 5.92 Å². The van der Waals surface area contributed by atoms with Crippen molar-refractivity contribution in [2.75, 3.05) is 7.11 Å². The summed E-state index contributed by atoms with van der Waals surface area (Å²) in [6.07, 6.45) is 0. The third-order valence-electron chi connectivity index (χ3n) is 4.19. The molecule has 2 aromatic carbocycles. The van der Waals surface area contributed by atoms with E-state index in [0.29, 0.717) is 16.9 Å². The largest absolute Gasteiger partial charge is 0.496 e. The lowest BCUT2D eigenvalue weighted by Gasteiger charge is -2.31. The molecule has 1 aliphatic heterocycles. The molecule has 0 saturated heterocycles. The van der Waals surface area contributed by atoms with E-state index in [1.54, 1.807) is 31.4 Å². The van der Waals surface area contributed by atoms with Gasteiger partial charge in [0.2, 0.25) is 0 Å². The first kappa shape index (κ1) is 15.3. The summed E-state index contributed by atoms with van der Waals surface area (Å²) < 4.78 is 5.43. The van der Waals surface area contributed by atoms with E-state index in [9.17, 15) is 9.59 Å². The number of rotatable bonds is 4. The summed E-state index contributed by atoms with van der Waals surface area (Å²) in [6.45, 7) is 4.00. The predicted octanol–water partition coefficient (Wildman–Crippen LogP) is 3.69. The van der Waals surface area contributed by atoms with Crippen molar-refractivity contribution < 1.29 is 14.3 Å². The summed E-state index contributed by atoms with van der Waals surface area (Å²) in [4.78, 5) is 26.9. The Balaban J connectivity index is 2.11. The first-order valence-electron chi connectivity index (χ1n) is 7.66. The predicted molar refractivity (Wildman–Crippen MR) is 87.5 cm³/mol. The molecule has 1 heterocycles. The van der Waals surface area contributed by atoms with E-state index < -0.39 is 0 Å². The molecule has 23 heavy (non-hydrogen) atoms. The van der Waals surface area contributed by atoms with Crippen LogP contribution in [0.4, 0.5) is 0 Å². The van der Waals surface area contributed by atoms with Crippen molar-refractivity contribution in [3.8, 4) is 5.75 Å². The molecule has 0 aliphatic carbocycles. The highest BCUT2D eigenvalue weighted by molar-refractivity contribution is 6.21. The van der Waals surface area contributed by atoms with Gasteiger partial charge in [-0.3, -0.25) is 14.5 Å². The number of fused-ring (bicyclic) bond motifs is 1. The van der Waals surface area contributed by atoms with Crippen LogP contribution in [-0.4, -0.2) is 23.8 Å². The molecule has 4 heteroatoms. The lowest BCUT2D eigenvalue weighted by molar-refractivity contribution is 0.0536. The van der Waals surface area contributed by atoms with Gasteiger partial charge in [-0.1, -0.05) is 44.2 Å². The topological polar surface area (TPSA) is 46.6 Å². The average Bonchev–Trinajstić information content (AvgIpc) is 2.81. The van der Waals surface area contributed by atoms with E-state index in [1.807, 2.05) is 38.1 Å². The molecule has 3 rings (SSSR count). The Morgan fingerprint density at radius 2 is 1.39 bits per heavy atom. The number of methoxy groups -OCH3 is 1. The smallest absolute Gasteiger partial charge is 0.262 e. The molecule has 0 fully saturated rings. The van der Waals surface area contributed by atoms with Gasteiger partial charge in [0, 0.05) is 5.56 Å². The Morgan fingerprint density at radius 3 is 1.91 bits per heavy atom. The number of imide groups is 1. The van der Waals surface area contributed by atoms with Gasteiger partial charge in [-0.25, -0.2) is 0 Å². The van der Waals surface area contributed by atoms with Crippen molar-refractivity contribution in [1.29, 1.82) is 0 Å². The normalized spacial score (nSPS) is 15.0. The minimum atomic E-state index is -0.362. The fourth-order valence-corrected chi connectivity index (χ4v) is 3.17. The van der Waals surface area contributed by atoms with Crippen LogP contribution in [0.2, 0.25) is 0 Å². The maximum absolute atomic E-state index is 12.8. The third kappa shape index (κ3) is 2.40. The van der Waals surface area contributed by atoms with Gasteiger partial charge in [0.05, 0.1) is 24.3 Å². The second kappa shape index (κ2) is 5.88. The molecule has 2 aromatic rings. The summed E-state index contributed by atoms with van der Waals surface area (Å²) in [6, 6.07) is 14.1. The quantitative estimate of drug-likeness (QED) is 0.809. The second-order valence-corrected chi connectivity index (χ2v) is 5.96. The molecule has 0 radical (unpaired) electrons. The fraction of sp³-hybridized carbons (Fsp3) is 0.263.